The summed E-state index contributed by atoms with van der Waals surface area (Å²) < 4.78 is 47.0. The number of aryl methyl sites for hydroxylation is 2. The third kappa shape index (κ3) is 6.29. The van der Waals surface area contributed by atoms with Crippen molar-refractivity contribution in [1.82, 2.24) is 15.0 Å². The van der Waals surface area contributed by atoms with E-state index in [1.165, 1.54) is 24.3 Å². The van der Waals surface area contributed by atoms with E-state index in [-0.39, 0.29) is 35.9 Å². The first-order chi connectivity index (χ1) is 19.8. The number of H-pyrrole nitrogens is 2. The molecule has 3 aromatic carbocycles. The van der Waals surface area contributed by atoms with Crippen molar-refractivity contribution in [3.05, 3.63) is 101 Å². The van der Waals surface area contributed by atoms with Gasteiger partial charge in [0.2, 0.25) is 0 Å². The molecule has 0 saturated carbocycles. The highest BCUT2D eigenvalue weighted by Gasteiger charge is 2.21. The number of ether oxygens (including phenoxy) is 3. The van der Waals surface area contributed by atoms with Gasteiger partial charge in [0.25, 0.3) is 0 Å². The van der Waals surface area contributed by atoms with Gasteiger partial charge in [0.1, 0.15) is 23.5 Å². The standard InChI is InChI=1S/C31H29F2N3O5/c1-18-22-10-11-34-26(22)16-25(33)29(18)41-21-7-8-24(32)23(15-21)31-35-17-27(36-31)30(40-13-12-39-2)20-5-3-4-19(14-20)6-9-28(37)38/h3-5,7-8,10-11,14-17,30,34H,6,9,12-13H2,1-2H3,(H,35,36)(H,37,38). The van der Waals surface area contributed by atoms with Crippen molar-refractivity contribution in [2.24, 2.45) is 0 Å². The number of hydrogen-bond acceptors (Lipinski definition) is 5. The van der Waals surface area contributed by atoms with E-state index in [2.05, 4.69) is 15.0 Å². The SMILES string of the molecule is COCCOC(c1cccc(CCC(=O)O)c1)c1cnc(-c2cc(Oc3c(F)cc4[nH]ccc4c3C)ccc2F)[nH]1. The van der Waals surface area contributed by atoms with E-state index < -0.39 is 23.7 Å². The number of hydrogen-bond donors (Lipinski definition) is 3. The van der Waals surface area contributed by atoms with Gasteiger partial charge < -0.3 is 29.3 Å². The van der Waals surface area contributed by atoms with Gasteiger partial charge in [-0.25, -0.2) is 13.8 Å². The van der Waals surface area contributed by atoms with Crippen LogP contribution >= 0.6 is 0 Å². The number of carbonyl (C=O) groups is 1. The molecule has 1 unspecified atom stereocenters. The lowest BCUT2D eigenvalue weighted by molar-refractivity contribution is -0.136. The van der Waals surface area contributed by atoms with Crippen LogP contribution in [0.2, 0.25) is 0 Å². The number of benzene rings is 3. The smallest absolute Gasteiger partial charge is 0.303 e. The van der Waals surface area contributed by atoms with Crippen LogP contribution in [0.3, 0.4) is 0 Å². The highest BCUT2D eigenvalue weighted by Crippen LogP contribution is 2.36. The number of carboxylic acids is 1. The molecule has 1 atom stereocenters. The normalized spacial score (nSPS) is 12.1. The maximum atomic E-state index is 15.0. The fraction of sp³-hybridized carbons (Fsp3) is 0.226. The molecular weight excluding hydrogens is 532 g/mol. The number of nitrogens with zero attached hydrogens (tertiary/aromatic N) is 1. The van der Waals surface area contributed by atoms with E-state index in [4.69, 9.17) is 19.3 Å². The molecule has 5 rings (SSSR count). The zero-order valence-corrected chi connectivity index (χ0v) is 22.5. The van der Waals surface area contributed by atoms with Gasteiger partial charge in [-0.05, 0) is 48.7 Å². The van der Waals surface area contributed by atoms with Crippen LogP contribution in [-0.2, 0) is 20.7 Å². The first kappa shape index (κ1) is 28.0. The molecule has 0 radical (unpaired) electrons. The summed E-state index contributed by atoms with van der Waals surface area (Å²) in [6.45, 7) is 2.40. The Labute approximate surface area is 234 Å². The van der Waals surface area contributed by atoms with Crippen LogP contribution in [-0.4, -0.2) is 46.4 Å². The lowest BCUT2D eigenvalue weighted by atomic mass is 10.0. The van der Waals surface area contributed by atoms with Gasteiger partial charge in [-0.3, -0.25) is 4.79 Å². The van der Waals surface area contributed by atoms with Crippen LogP contribution in [0, 0.1) is 18.6 Å². The maximum absolute atomic E-state index is 15.0. The molecule has 0 aliphatic rings. The van der Waals surface area contributed by atoms with Gasteiger partial charge in [0.15, 0.2) is 11.6 Å². The summed E-state index contributed by atoms with van der Waals surface area (Å²) in [5, 5.41) is 9.88. The van der Waals surface area contributed by atoms with Crippen molar-refractivity contribution in [1.29, 1.82) is 0 Å². The molecule has 10 heteroatoms. The first-order valence-electron chi connectivity index (χ1n) is 13.0. The first-order valence-corrected chi connectivity index (χ1v) is 13.0. The van der Waals surface area contributed by atoms with Gasteiger partial charge in [0.05, 0.1) is 30.7 Å². The topological polar surface area (TPSA) is 109 Å². The molecule has 0 aliphatic carbocycles. The van der Waals surface area contributed by atoms with E-state index in [1.54, 1.807) is 26.4 Å². The fourth-order valence-electron chi connectivity index (χ4n) is 4.70. The predicted octanol–water partition coefficient (Wildman–Crippen LogP) is 6.71. The summed E-state index contributed by atoms with van der Waals surface area (Å²) in [5.41, 5.74) is 3.61. The molecule has 0 saturated heterocycles. The third-order valence-corrected chi connectivity index (χ3v) is 6.76. The average Bonchev–Trinajstić information content (AvgIpc) is 3.63. The number of rotatable bonds is 12. The van der Waals surface area contributed by atoms with E-state index in [0.717, 1.165) is 16.5 Å². The quantitative estimate of drug-likeness (QED) is 0.146. The summed E-state index contributed by atoms with van der Waals surface area (Å²) in [6.07, 6.45) is 3.07. The average molecular weight is 562 g/mol. The number of imidazole rings is 1. The minimum absolute atomic E-state index is 0.00696. The van der Waals surface area contributed by atoms with Crippen LogP contribution in [0.4, 0.5) is 8.78 Å². The highest BCUT2D eigenvalue weighted by atomic mass is 19.1. The number of halogens is 2. The molecule has 212 valence electrons. The molecule has 3 N–H and O–H groups in total. The molecule has 5 aromatic rings. The zero-order valence-electron chi connectivity index (χ0n) is 22.5. The molecule has 2 aromatic heterocycles. The van der Waals surface area contributed by atoms with E-state index in [9.17, 15) is 9.18 Å². The van der Waals surface area contributed by atoms with Crippen molar-refractivity contribution in [2.45, 2.75) is 25.9 Å². The Balaban J connectivity index is 1.44. The Hall–Kier alpha value is -4.54. The molecular formula is C31H29F2N3O5. The lowest BCUT2D eigenvalue weighted by Crippen LogP contribution is -2.11. The number of methoxy groups -OCH3 is 1. The van der Waals surface area contributed by atoms with Crippen molar-refractivity contribution < 1.29 is 32.9 Å². The summed E-state index contributed by atoms with van der Waals surface area (Å²) in [5.74, 6) is -1.41. The molecule has 0 amide bonds. The summed E-state index contributed by atoms with van der Waals surface area (Å²) in [7, 11) is 1.57. The molecule has 2 heterocycles. The molecule has 0 aliphatic heterocycles. The molecule has 0 spiro atoms. The van der Waals surface area contributed by atoms with Crippen LogP contribution in [0.15, 0.2) is 67.0 Å². The van der Waals surface area contributed by atoms with Crippen LogP contribution in [0.5, 0.6) is 11.5 Å². The third-order valence-electron chi connectivity index (χ3n) is 6.76. The number of aliphatic carboxylic acids is 1. The summed E-state index contributed by atoms with van der Waals surface area (Å²) in [4.78, 5) is 21.6. The van der Waals surface area contributed by atoms with Crippen LogP contribution < -0.4 is 4.74 Å². The number of aromatic nitrogens is 3. The highest BCUT2D eigenvalue weighted by molar-refractivity contribution is 5.85. The van der Waals surface area contributed by atoms with Crippen molar-refractivity contribution in [2.75, 3.05) is 20.3 Å². The van der Waals surface area contributed by atoms with E-state index >= 15 is 4.39 Å². The maximum Gasteiger partial charge on any atom is 0.303 e. The van der Waals surface area contributed by atoms with Gasteiger partial charge in [-0.2, -0.15) is 0 Å². The minimum Gasteiger partial charge on any atom is -0.481 e. The fourth-order valence-corrected chi connectivity index (χ4v) is 4.70. The van der Waals surface area contributed by atoms with Crippen molar-refractivity contribution in [3.8, 4) is 22.9 Å². The van der Waals surface area contributed by atoms with Crippen LogP contribution in [0.25, 0.3) is 22.3 Å². The van der Waals surface area contributed by atoms with E-state index in [0.29, 0.717) is 29.8 Å². The van der Waals surface area contributed by atoms with Gasteiger partial charge >= 0.3 is 5.97 Å². The number of aromatic amines is 2. The van der Waals surface area contributed by atoms with Gasteiger partial charge in [-0.1, -0.05) is 24.3 Å². The second-order valence-electron chi connectivity index (χ2n) is 9.56. The summed E-state index contributed by atoms with van der Waals surface area (Å²) >= 11 is 0. The van der Waals surface area contributed by atoms with Crippen molar-refractivity contribution >= 4 is 16.9 Å². The number of fused-ring (bicyclic) bond motifs is 1. The Morgan fingerprint density at radius 3 is 2.73 bits per heavy atom. The number of nitrogens with one attached hydrogen (secondary N) is 2. The second kappa shape index (κ2) is 12.3. The Bertz CT molecular complexity index is 1680. The number of carboxylic acid groups (broad SMARTS) is 1. The van der Waals surface area contributed by atoms with Crippen molar-refractivity contribution in [3.63, 3.8) is 0 Å². The van der Waals surface area contributed by atoms with Crippen LogP contribution in [0.1, 0.15) is 34.9 Å². The second-order valence-corrected chi connectivity index (χ2v) is 9.56. The Kier molecular flexibility index (Phi) is 8.42. The predicted molar refractivity (Wildman–Crippen MR) is 149 cm³/mol. The van der Waals surface area contributed by atoms with E-state index in [1.807, 2.05) is 30.3 Å². The molecule has 0 fully saturated rings. The summed E-state index contributed by atoms with van der Waals surface area (Å²) in [6, 6.07) is 14.8. The molecule has 8 nitrogen and oxygen atoms in total. The van der Waals surface area contributed by atoms with Gasteiger partial charge in [-0.15, -0.1) is 0 Å². The largest absolute Gasteiger partial charge is 0.481 e. The zero-order chi connectivity index (χ0) is 28.9. The Morgan fingerprint density at radius 1 is 1.07 bits per heavy atom. The molecule has 0 bridgehead atoms. The van der Waals surface area contributed by atoms with Gasteiger partial charge in [0, 0.05) is 42.3 Å². The monoisotopic (exact) mass is 561 g/mol. The Morgan fingerprint density at radius 2 is 1.93 bits per heavy atom. The lowest BCUT2D eigenvalue weighted by Gasteiger charge is -2.18. The molecule has 41 heavy (non-hydrogen) atoms. The minimum atomic E-state index is -0.877.